The third-order valence-electron chi connectivity index (χ3n) is 2.96. The van der Waals surface area contributed by atoms with Gasteiger partial charge in [-0.15, -0.1) is 0 Å². The molecule has 1 heterocycles. The van der Waals surface area contributed by atoms with Gasteiger partial charge < -0.3 is 14.6 Å². The summed E-state index contributed by atoms with van der Waals surface area (Å²) in [6.07, 6.45) is 1.73. The molecule has 5 heteroatoms. The van der Waals surface area contributed by atoms with Gasteiger partial charge >= 0.3 is 0 Å². The highest BCUT2D eigenvalue weighted by Gasteiger charge is 2.08. The Kier molecular flexibility index (Phi) is 3.85. The third kappa shape index (κ3) is 2.59. The average molecular weight is 260 g/mol. The first kappa shape index (κ1) is 13.1. The number of hydrogen-bond acceptors (Lipinski definition) is 3. The number of carbonyl (C=O) groups is 1. The number of amides is 1. The number of hydrogen-bond donors (Lipinski definition) is 1. The minimum atomic E-state index is -0.209. The fraction of sp³-hybridized carbons (Fsp3) is 0.286. The van der Waals surface area contributed by atoms with Gasteiger partial charge in [-0.1, -0.05) is 6.07 Å². The fourth-order valence-corrected chi connectivity index (χ4v) is 1.88. The molecule has 0 aliphatic carbocycles. The van der Waals surface area contributed by atoms with Gasteiger partial charge in [-0.3, -0.25) is 9.59 Å². The normalized spacial score (nSPS) is 10.4. The van der Waals surface area contributed by atoms with Gasteiger partial charge in [-0.05, 0) is 25.1 Å². The SMILES string of the molecule is CCn1ccc2c(OCC(=O)NC)cccc2c1=O. The predicted octanol–water partition coefficient (Wildman–Crippen LogP) is 1.15. The van der Waals surface area contributed by atoms with Crippen LogP contribution in [0.15, 0.2) is 35.3 Å². The molecule has 1 N–H and O–H groups in total. The van der Waals surface area contributed by atoms with Crippen LogP contribution < -0.4 is 15.6 Å². The van der Waals surface area contributed by atoms with Crippen LogP contribution >= 0.6 is 0 Å². The van der Waals surface area contributed by atoms with E-state index in [1.165, 1.54) is 0 Å². The number of pyridine rings is 1. The maximum absolute atomic E-state index is 12.1. The maximum Gasteiger partial charge on any atom is 0.258 e. The smallest absolute Gasteiger partial charge is 0.258 e. The summed E-state index contributed by atoms with van der Waals surface area (Å²) < 4.78 is 7.07. The van der Waals surface area contributed by atoms with Crippen molar-refractivity contribution in [3.63, 3.8) is 0 Å². The summed E-state index contributed by atoms with van der Waals surface area (Å²) in [6.45, 7) is 2.48. The van der Waals surface area contributed by atoms with Crippen molar-refractivity contribution in [3.8, 4) is 5.75 Å². The molecular weight excluding hydrogens is 244 g/mol. The minimum absolute atomic E-state index is 0.0506. The number of nitrogens with one attached hydrogen (secondary N) is 1. The molecule has 2 aromatic rings. The van der Waals surface area contributed by atoms with Crippen LogP contribution in [0.1, 0.15) is 6.92 Å². The molecule has 0 spiro atoms. The number of carbonyl (C=O) groups excluding carboxylic acids is 1. The van der Waals surface area contributed by atoms with Crippen molar-refractivity contribution in [2.24, 2.45) is 0 Å². The first-order chi connectivity index (χ1) is 9.17. The molecule has 100 valence electrons. The van der Waals surface area contributed by atoms with Gasteiger partial charge in [-0.2, -0.15) is 0 Å². The van der Waals surface area contributed by atoms with Crippen molar-refractivity contribution in [1.82, 2.24) is 9.88 Å². The lowest BCUT2D eigenvalue weighted by Gasteiger charge is -2.09. The van der Waals surface area contributed by atoms with E-state index in [0.29, 0.717) is 17.7 Å². The molecule has 0 saturated heterocycles. The predicted molar refractivity (Wildman–Crippen MR) is 73.4 cm³/mol. The van der Waals surface area contributed by atoms with Crippen molar-refractivity contribution in [3.05, 3.63) is 40.8 Å². The number of benzene rings is 1. The lowest BCUT2D eigenvalue weighted by molar-refractivity contribution is -0.122. The van der Waals surface area contributed by atoms with E-state index in [0.717, 1.165) is 5.39 Å². The zero-order valence-electron chi connectivity index (χ0n) is 11.0. The number of ether oxygens (including phenoxy) is 1. The van der Waals surface area contributed by atoms with Gasteiger partial charge in [0.05, 0.1) is 5.39 Å². The van der Waals surface area contributed by atoms with Crippen molar-refractivity contribution >= 4 is 16.7 Å². The second-order valence-electron chi connectivity index (χ2n) is 4.09. The molecule has 0 fully saturated rings. The molecule has 1 amide bonds. The molecule has 0 aliphatic heterocycles. The Morgan fingerprint density at radius 3 is 2.79 bits per heavy atom. The third-order valence-corrected chi connectivity index (χ3v) is 2.96. The van der Waals surface area contributed by atoms with Crippen LogP contribution in [0.2, 0.25) is 0 Å². The highest BCUT2D eigenvalue weighted by molar-refractivity contribution is 5.88. The molecular formula is C14H16N2O3. The van der Waals surface area contributed by atoms with Gasteiger partial charge in [0, 0.05) is 25.2 Å². The van der Waals surface area contributed by atoms with Gasteiger partial charge in [0.15, 0.2) is 6.61 Å². The van der Waals surface area contributed by atoms with Crippen LogP contribution in [0, 0.1) is 0 Å². The van der Waals surface area contributed by atoms with E-state index in [1.807, 2.05) is 13.0 Å². The monoisotopic (exact) mass is 260 g/mol. The van der Waals surface area contributed by atoms with Crippen molar-refractivity contribution in [2.45, 2.75) is 13.5 Å². The molecule has 2 rings (SSSR count). The van der Waals surface area contributed by atoms with Gasteiger partial charge in [0.1, 0.15) is 5.75 Å². The van der Waals surface area contributed by atoms with E-state index < -0.39 is 0 Å². The largest absolute Gasteiger partial charge is 0.483 e. The minimum Gasteiger partial charge on any atom is -0.483 e. The first-order valence-corrected chi connectivity index (χ1v) is 6.13. The van der Waals surface area contributed by atoms with Crippen molar-refractivity contribution < 1.29 is 9.53 Å². The van der Waals surface area contributed by atoms with E-state index >= 15 is 0 Å². The summed E-state index contributed by atoms with van der Waals surface area (Å²) in [4.78, 5) is 23.3. The molecule has 0 bridgehead atoms. The standard InChI is InChI=1S/C14H16N2O3/c1-3-16-8-7-10-11(14(16)18)5-4-6-12(10)19-9-13(17)15-2/h4-8H,3,9H2,1-2H3,(H,15,17). The number of aryl methyl sites for hydroxylation is 1. The summed E-state index contributed by atoms with van der Waals surface area (Å²) >= 11 is 0. The number of nitrogens with zero attached hydrogens (tertiary/aromatic N) is 1. The number of aromatic nitrogens is 1. The Hall–Kier alpha value is -2.30. The van der Waals surface area contributed by atoms with Crippen molar-refractivity contribution in [2.75, 3.05) is 13.7 Å². The van der Waals surface area contributed by atoms with Crippen LogP contribution in [-0.2, 0) is 11.3 Å². The summed E-state index contributed by atoms with van der Waals surface area (Å²) in [5, 5.41) is 3.80. The quantitative estimate of drug-likeness (QED) is 0.897. The van der Waals surface area contributed by atoms with Gasteiger partial charge in [0.25, 0.3) is 11.5 Å². The summed E-state index contributed by atoms with van der Waals surface area (Å²) in [6, 6.07) is 7.10. The Morgan fingerprint density at radius 1 is 1.32 bits per heavy atom. The lowest BCUT2D eigenvalue weighted by atomic mass is 10.1. The van der Waals surface area contributed by atoms with E-state index in [1.54, 1.807) is 36.0 Å². The summed E-state index contributed by atoms with van der Waals surface area (Å²) in [7, 11) is 1.55. The van der Waals surface area contributed by atoms with Crippen molar-refractivity contribution in [1.29, 1.82) is 0 Å². The zero-order valence-corrected chi connectivity index (χ0v) is 11.0. The van der Waals surface area contributed by atoms with Gasteiger partial charge in [-0.25, -0.2) is 0 Å². The number of fused-ring (bicyclic) bond motifs is 1. The molecule has 1 aromatic heterocycles. The zero-order chi connectivity index (χ0) is 13.8. The first-order valence-electron chi connectivity index (χ1n) is 6.13. The molecule has 5 nitrogen and oxygen atoms in total. The molecule has 0 saturated carbocycles. The summed E-state index contributed by atoms with van der Waals surface area (Å²) in [5.74, 6) is 0.334. The lowest BCUT2D eigenvalue weighted by Crippen LogP contribution is -2.25. The Labute approximate surface area is 110 Å². The molecule has 1 aromatic carbocycles. The van der Waals surface area contributed by atoms with Crippen LogP contribution in [0.3, 0.4) is 0 Å². The molecule has 0 unspecified atom stereocenters. The Morgan fingerprint density at radius 2 is 2.11 bits per heavy atom. The van der Waals surface area contributed by atoms with Crippen LogP contribution in [-0.4, -0.2) is 24.1 Å². The number of likely N-dealkylation sites (N-methyl/N-ethyl adjacent to an activating group) is 1. The summed E-state index contributed by atoms with van der Waals surface area (Å²) in [5.41, 5.74) is -0.0506. The molecule has 0 atom stereocenters. The van der Waals surface area contributed by atoms with E-state index in [9.17, 15) is 9.59 Å². The number of rotatable bonds is 4. The van der Waals surface area contributed by atoms with Crippen LogP contribution in [0.25, 0.3) is 10.8 Å². The Bertz CT molecular complexity index is 661. The molecule has 19 heavy (non-hydrogen) atoms. The molecule has 0 aliphatic rings. The fourth-order valence-electron chi connectivity index (χ4n) is 1.88. The van der Waals surface area contributed by atoms with Gasteiger partial charge in [0.2, 0.25) is 0 Å². The van der Waals surface area contributed by atoms with Crippen LogP contribution in [0.5, 0.6) is 5.75 Å². The van der Waals surface area contributed by atoms with E-state index in [-0.39, 0.29) is 18.1 Å². The highest BCUT2D eigenvalue weighted by Crippen LogP contribution is 2.22. The van der Waals surface area contributed by atoms with Crippen LogP contribution in [0.4, 0.5) is 0 Å². The van der Waals surface area contributed by atoms with E-state index in [2.05, 4.69) is 5.32 Å². The average Bonchev–Trinajstić information content (AvgIpc) is 2.45. The topological polar surface area (TPSA) is 60.3 Å². The van der Waals surface area contributed by atoms with E-state index in [4.69, 9.17) is 4.74 Å². The second-order valence-corrected chi connectivity index (χ2v) is 4.09. The highest BCUT2D eigenvalue weighted by atomic mass is 16.5. The Balaban J connectivity index is 2.44. The maximum atomic E-state index is 12.1. The molecule has 0 radical (unpaired) electrons. The second kappa shape index (κ2) is 5.56.